The number of benzene rings is 1. The van der Waals surface area contributed by atoms with Crippen LogP contribution in [0.15, 0.2) is 24.3 Å². The zero-order chi connectivity index (χ0) is 15.5. The van der Waals surface area contributed by atoms with Gasteiger partial charge in [0.2, 0.25) is 11.8 Å². The molecule has 1 aromatic carbocycles. The zero-order valence-electron chi connectivity index (χ0n) is 13.0. The molecule has 0 N–H and O–H groups in total. The van der Waals surface area contributed by atoms with Gasteiger partial charge in [0.05, 0.1) is 13.0 Å². The van der Waals surface area contributed by atoms with E-state index >= 15 is 0 Å². The first-order valence-electron chi connectivity index (χ1n) is 7.87. The molecule has 1 fully saturated rings. The van der Waals surface area contributed by atoms with Crippen LogP contribution in [0.5, 0.6) is 0 Å². The number of hydrogen-bond acceptors (Lipinski definition) is 3. The number of hydrogen-bond donors (Lipinski definition) is 0. The van der Waals surface area contributed by atoms with E-state index < -0.39 is 6.04 Å². The summed E-state index contributed by atoms with van der Waals surface area (Å²) in [6.45, 7) is 2.49. The Morgan fingerprint density at radius 1 is 1.27 bits per heavy atom. The Morgan fingerprint density at radius 2 is 2.00 bits per heavy atom. The zero-order valence-corrected chi connectivity index (χ0v) is 13.0. The third-order valence-electron chi connectivity index (χ3n) is 4.51. The van der Waals surface area contributed by atoms with Crippen molar-refractivity contribution in [2.24, 2.45) is 0 Å². The van der Waals surface area contributed by atoms with Crippen LogP contribution in [-0.2, 0) is 20.7 Å². The summed E-state index contributed by atoms with van der Waals surface area (Å²) >= 11 is 0. The predicted molar refractivity (Wildman–Crippen MR) is 82.3 cm³/mol. The quantitative estimate of drug-likeness (QED) is 0.844. The standard InChI is InChI=1S/C17H22N2O3/c1-22-11-10-19-15(20)12-13-6-2-3-7-14(13)16(19)17(21)18-8-4-5-9-18/h2-3,6-7,16H,4-5,8-12H2,1H3. The molecule has 0 aromatic heterocycles. The van der Waals surface area contributed by atoms with Crippen molar-refractivity contribution in [3.8, 4) is 0 Å². The van der Waals surface area contributed by atoms with Crippen LogP contribution in [-0.4, -0.2) is 55.0 Å². The van der Waals surface area contributed by atoms with Crippen molar-refractivity contribution in [1.82, 2.24) is 9.80 Å². The number of nitrogens with zero attached hydrogens (tertiary/aromatic N) is 2. The fourth-order valence-electron chi connectivity index (χ4n) is 3.36. The van der Waals surface area contributed by atoms with Crippen LogP contribution >= 0.6 is 0 Å². The van der Waals surface area contributed by atoms with Crippen LogP contribution in [0.25, 0.3) is 0 Å². The summed E-state index contributed by atoms with van der Waals surface area (Å²) in [6, 6.07) is 7.29. The van der Waals surface area contributed by atoms with Crippen LogP contribution in [0.1, 0.15) is 30.0 Å². The van der Waals surface area contributed by atoms with E-state index in [0.717, 1.165) is 37.1 Å². The number of fused-ring (bicyclic) bond motifs is 1. The maximum atomic E-state index is 13.0. The molecule has 118 valence electrons. The third kappa shape index (κ3) is 2.73. The second kappa shape index (κ2) is 6.48. The number of carbonyl (C=O) groups excluding carboxylic acids is 2. The molecule has 5 heteroatoms. The topological polar surface area (TPSA) is 49.9 Å². The number of likely N-dealkylation sites (tertiary alicyclic amines) is 1. The van der Waals surface area contributed by atoms with Gasteiger partial charge in [0.15, 0.2) is 0 Å². The van der Waals surface area contributed by atoms with Gasteiger partial charge in [-0.25, -0.2) is 0 Å². The molecule has 1 saturated heterocycles. The second-order valence-electron chi connectivity index (χ2n) is 5.89. The van der Waals surface area contributed by atoms with E-state index in [9.17, 15) is 9.59 Å². The van der Waals surface area contributed by atoms with Gasteiger partial charge < -0.3 is 14.5 Å². The van der Waals surface area contributed by atoms with E-state index in [0.29, 0.717) is 19.6 Å². The molecule has 2 amide bonds. The van der Waals surface area contributed by atoms with Crippen LogP contribution in [0.3, 0.4) is 0 Å². The lowest BCUT2D eigenvalue weighted by Crippen LogP contribution is -2.49. The molecule has 22 heavy (non-hydrogen) atoms. The molecule has 0 radical (unpaired) electrons. The normalized spacial score (nSPS) is 21.1. The summed E-state index contributed by atoms with van der Waals surface area (Å²) in [5.41, 5.74) is 1.94. The van der Waals surface area contributed by atoms with E-state index in [1.165, 1.54) is 0 Å². The van der Waals surface area contributed by atoms with Crippen LogP contribution in [0, 0.1) is 0 Å². The fraction of sp³-hybridized carbons (Fsp3) is 0.529. The van der Waals surface area contributed by atoms with E-state index in [-0.39, 0.29) is 11.8 Å². The molecule has 5 nitrogen and oxygen atoms in total. The Kier molecular flexibility index (Phi) is 4.43. The third-order valence-corrected chi connectivity index (χ3v) is 4.51. The summed E-state index contributed by atoms with van der Waals surface area (Å²) in [5, 5.41) is 0. The molecule has 0 bridgehead atoms. The number of ether oxygens (including phenoxy) is 1. The van der Waals surface area contributed by atoms with Crippen LogP contribution in [0.2, 0.25) is 0 Å². The highest BCUT2D eigenvalue weighted by Gasteiger charge is 2.39. The fourth-order valence-corrected chi connectivity index (χ4v) is 3.36. The molecule has 1 unspecified atom stereocenters. The van der Waals surface area contributed by atoms with Gasteiger partial charge in [0.25, 0.3) is 0 Å². The highest BCUT2D eigenvalue weighted by molar-refractivity contribution is 5.92. The maximum Gasteiger partial charge on any atom is 0.250 e. The van der Waals surface area contributed by atoms with E-state index in [1.54, 1.807) is 12.0 Å². The average Bonchev–Trinajstić information content (AvgIpc) is 3.06. The highest BCUT2D eigenvalue weighted by atomic mass is 16.5. The smallest absolute Gasteiger partial charge is 0.250 e. The van der Waals surface area contributed by atoms with Crippen molar-refractivity contribution in [3.63, 3.8) is 0 Å². The van der Waals surface area contributed by atoms with Crippen LogP contribution in [0.4, 0.5) is 0 Å². The molecule has 2 aliphatic heterocycles. The molecule has 1 aromatic rings. The summed E-state index contributed by atoms with van der Waals surface area (Å²) < 4.78 is 5.12. The van der Waals surface area contributed by atoms with Crippen molar-refractivity contribution in [1.29, 1.82) is 0 Å². The Hall–Kier alpha value is -1.88. The first kappa shape index (κ1) is 15.0. The summed E-state index contributed by atoms with van der Waals surface area (Å²) in [7, 11) is 1.61. The molecule has 2 aliphatic rings. The predicted octanol–water partition coefficient (Wildman–Crippen LogP) is 1.38. The minimum atomic E-state index is -0.495. The minimum absolute atomic E-state index is 0.00768. The monoisotopic (exact) mass is 302 g/mol. The van der Waals surface area contributed by atoms with Crippen molar-refractivity contribution in [2.45, 2.75) is 25.3 Å². The molecule has 1 atom stereocenters. The number of methoxy groups -OCH3 is 1. The first-order chi connectivity index (χ1) is 10.7. The lowest BCUT2D eigenvalue weighted by atomic mass is 9.91. The Bertz CT molecular complexity index is 567. The van der Waals surface area contributed by atoms with Crippen molar-refractivity contribution in [2.75, 3.05) is 33.4 Å². The maximum absolute atomic E-state index is 13.0. The van der Waals surface area contributed by atoms with Crippen molar-refractivity contribution in [3.05, 3.63) is 35.4 Å². The SMILES string of the molecule is COCCN1C(=O)Cc2ccccc2C1C(=O)N1CCCC1. The van der Waals surface area contributed by atoms with E-state index in [1.807, 2.05) is 29.2 Å². The summed E-state index contributed by atoms with van der Waals surface area (Å²) in [5.74, 6) is 0.0578. The molecule has 0 aliphatic carbocycles. The number of rotatable bonds is 4. The van der Waals surface area contributed by atoms with E-state index in [4.69, 9.17) is 4.74 Å². The first-order valence-corrected chi connectivity index (χ1v) is 7.87. The van der Waals surface area contributed by atoms with Gasteiger partial charge in [-0.15, -0.1) is 0 Å². The highest BCUT2D eigenvalue weighted by Crippen LogP contribution is 2.32. The van der Waals surface area contributed by atoms with E-state index in [2.05, 4.69) is 0 Å². The van der Waals surface area contributed by atoms with Gasteiger partial charge in [0.1, 0.15) is 6.04 Å². The molecule has 0 saturated carbocycles. The van der Waals surface area contributed by atoms with Gasteiger partial charge in [-0.1, -0.05) is 24.3 Å². The van der Waals surface area contributed by atoms with Gasteiger partial charge in [-0.05, 0) is 24.0 Å². The lowest BCUT2D eigenvalue weighted by molar-refractivity contribution is -0.147. The average molecular weight is 302 g/mol. The lowest BCUT2D eigenvalue weighted by Gasteiger charge is -2.38. The van der Waals surface area contributed by atoms with Gasteiger partial charge in [-0.2, -0.15) is 0 Å². The van der Waals surface area contributed by atoms with Gasteiger partial charge >= 0.3 is 0 Å². The van der Waals surface area contributed by atoms with Gasteiger partial charge in [-0.3, -0.25) is 9.59 Å². The largest absolute Gasteiger partial charge is 0.383 e. The Labute approximate surface area is 130 Å². The summed E-state index contributed by atoms with van der Waals surface area (Å²) in [6.07, 6.45) is 2.46. The molecule has 3 rings (SSSR count). The second-order valence-corrected chi connectivity index (χ2v) is 5.89. The van der Waals surface area contributed by atoms with Crippen molar-refractivity contribution < 1.29 is 14.3 Å². The number of amides is 2. The Morgan fingerprint density at radius 3 is 2.73 bits per heavy atom. The molecular weight excluding hydrogens is 280 g/mol. The molecule has 2 heterocycles. The minimum Gasteiger partial charge on any atom is -0.383 e. The molecule has 0 spiro atoms. The summed E-state index contributed by atoms with van der Waals surface area (Å²) in [4.78, 5) is 29.0. The number of carbonyl (C=O) groups is 2. The van der Waals surface area contributed by atoms with Crippen molar-refractivity contribution >= 4 is 11.8 Å². The van der Waals surface area contributed by atoms with Gasteiger partial charge in [0, 0.05) is 26.7 Å². The molecular formula is C17H22N2O3. The van der Waals surface area contributed by atoms with Crippen LogP contribution < -0.4 is 0 Å². The Balaban J connectivity index is 1.95.